The summed E-state index contributed by atoms with van der Waals surface area (Å²) in [5.74, 6) is 0.289. The van der Waals surface area contributed by atoms with Crippen LogP contribution < -0.4 is 10.5 Å². The third-order valence-corrected chi connectivity index (χ3v) is 4.75. The van der Waals surface area contributed by atoms with E-state index in [9.17, 15) is 8.42 Å². The van der Waals surface area contributed by atoms with Crippen LogP contribution in [0.3, 0.4) is 0 Å². The van der Waals surface area contributed by atoms with Crippen LogP contribution in [0.2, 0.25) is 0 Å². The van der Waals surface area contributed by atoms with Gasteiger partial charge in [0.1, 0.15) is 0 Å². The first-order valence-corrected chi connectivity index (χ1v) is 6.84. The van der Waals surface area contributed by atoms with Gasteiger partial charge in [0.05, 0.1) is 5.25 Å². The fourth-order valence-corrected chi connectivity index (χ4v) is 1.84. The first-order chi connectivity index (χ1) is 6.61. The SMILES string of the molecule is CC(CNS(=O)(=O)C(C)CN)C(C)(C)C. The summed E-state index contributed by atoms with van der Waals surface area (Å²) in [6.07, 6.45) is 0. The van der Waals surface area contributed by atoms with E-state index in [-0.39, 0.29) is 17.9 Å². The Morgan fingerprint density at radius 2 is 1.73 bits per heavy atom. The second kappa shape index (κ2) is 5.27. The normalized spacial score (nSPS) is 17.5. The fraction of sp³-hybridized carbons (Fsp3) is 1.00. The van der Waals surface area contributed by atoms with E-state index < -0.39 is 15.3 Å². The molecule has 5 heteroatoms. The lowest BCUT2D eigenvalue weighted by Crippen LogP contribution is -2.40. The monoisotopic (exact) mass is 236 g/mol. The molecule has 0 aliphatic rings. The van der Waals surface area contributed by atoms with Crippen LogP contribution in [0.15, 0.2) is 0 Å². The Morgan fingerprint density at radius 1 is 1.27 bits per heavy atom. The van der Waals surface area contributed by atoms with Crippen LogP contribution in [0.4, 0.5) is 0 Å². The minimum absolute atomic E-state index is 0.106. The maximum Gasteiger partial charge on any atom is 0.215 e. The molecule has 0 saturated carbocycles. The molecule has 0 bridgehead atoms. The third-order valence-electron chi connectivity index (χ3n) is 2.93. The quantitative estimate of drug-likeness (QED) is 0.746. The molecule has 0 heterocycles. The molecular formula is C10H24N2O2S. The number of rotatable bonds is 5. The van der Waals surface area contributed by atoms with Gasteiger partial charge < -0.3 is 5.73 Å². The molecule has 0 aromatic rings. The molecule has 4 nitrogen and oxygen atoms in total. The van der Waals surface area contributed by atoms with Gasteiger partial charge in [-0.15, -0.1) is 0 Å². The Balaban J connectivity index is 4.29. The minimum Gasteiger partial charge on any atom is -0.329 e. The van der Waals surface area contributed by atoms with Gasteiger partial charge in [0.15, 0.2) is 0 Å². The van der Waals surface area contributed by atoms with Crippen molar-refractivity contribution in [1.82, 2.24) is 4.72 Å². The lowest BCUT2D eigenvalue weighted by Gasteiger charge is -2.27. The Labute approximate surface area is 93.7 Å². The van der Waals surface area contributed by atoms with Gasteiger partial charge in [-0.2, -0.15) is 0 Å². The van der Waals surface area contributed by atoms with Crippen molar-refractivity contribution in [2.75, 3.05) is 13.1 Å². The standard InChI is InChI=1S/C10H24N2O2S/c1-8(10(3,4)5)7-12-15(13,14)9(2)6-11/h8-9,12H,6-7,11H2,1-5H3. The second-order valence-corrected chi connectivity index (χ2v) is 7.39. The minimum atomic E-state index is -3.24. The predicted molar refractivity (Wildman–Crippen MR) is 64.1 cm³/mol. The summed E-state index contributed by atoms with van der Waals surface area (Å²) in [7, 11) is -3.24. The van der Waals surface area contributed by atoms with Crippen LogP contribution in [0, 0.1) is 11.3 Å². The zero-order valence-corrected chi connectivity index (χ0v) is 11.2. The molecule has 0 fully saturated rings. The average molecular weight is 236 g/mol. The van der Waals surface area contributed by atoms with E-state index in [4.69, 9.17) is 5.73 Å². The van der Waals surface area contributed by atoms with Crippen LogP contribution >= 0.6 is 0 Å². The van der Waals surface area contributed by atoms with Crippen molar-refractivity contribution in [1.29, 1.82) is 0 Å². The summed E-state index contributed by atoms with van der Waals surface area (Å²) >= 11 is 0. The number of hydrogen-bond donors (Lipinski definition) is 2. The third kappa shape index (κ3) is 4.95. The average Bonchev–Trinajstić information content (AvgIpc) is 2.11. The molecule has 0 radical (unpaired) electrons. The molecule has 0 aromatic heterocycles. The van der Waals surface area contributed by atoms with Gasteiger partial charge in [0.2, 0.25) is 10.0 Å². The highest BCUT2D eigenvalue weighted by atomic mass is 32.2. The van der Waals surface area contributed by atoms with E-state index in [1.807, 2.05) is 6.92 Å². The lowest BCUT2D eigenvalue weighted by atomic mass is 9.82. The van der Waals surface area contributed by atoms with E-state index in [0.29, 0.717) is 6.54 Å². The molecule has 0 amide bonds. The summed E-state index contributed by atoms with van der Waals surface area (Å²) in [6.45, 7) is 10.6. The van der Waals surface area contributed by atoms with E-state index >= 15 is 0 Å². The van der Waals surface area contributed by atoms with Gasteiger partial charge in [-0.3, -0.25) is 0 Å². The van der Waals surface area contributed by atoms with Gasteiger partial charge in [0, 0.05) is 13.1 Å². The Hall–Kier alpha value is -0.130. The molecule has 3 N–H and O–H groups in total. The summed E-state index contributed by atoms with van der Waals surface area (Å²) in [5.41, 5.74) is 5.44. The highest BCUT2D eigenvalue weighted by molar-refractivity contribution is 7.90. The maximum absolute atomic E-state index is 11.6. The molecule has 0 aliphatic carbocycles. The first kappa shape index (κ1) is 14.9. The maximum atomic E-state index is 11.6. The van der Waals surface area contributed by atoms with Crippen molar-refractivity contribution < 1.29 is 8.42 Å². The molecule has 2 atom stereocenters. The van der Waals surface area contributed by atoms with Crippen LogP contribution in [-0.4, -0.2) is 26.8 Å². The first-order valence-electron chi connectivity index (χ1n) is 5.29. The van der Waals surface area contributed by atoms with Crippen molar-refractivity contribution in [2.45, 2.75) is 39.9 Å². The predicted octanol–water partition coefficient (Wildman–Crippen LogP) is 0.935. The Kier molecular flexibility index (Phi) is 5.23. The number of sulfonamides is 1. The summed E-state index contributed by atoms with van der Waals surface area (Å²) in [4.78, 5) is 0. The van der Waals surface area contributed by atoms with Gasteiger partial charge in [0.25, 0.3) is 0 Å². The highest BCUT2D eigenvalue weighted by Crippen LogP contribution is 2.24. The van der Waals surface area contributed by atoms with E-state index in [1.54, 1.807) is 6.92 Å². The molecule has 2 unspecified atom stereocenters. The van der Waals surface area contributed by atoms with Crippen molar-refractivity contribution in [3.05, 3.63) is 0 Å². The second-order valence-electron chi connectivity index (χ2n) is 5.21. The van der Waals surface area contributed by atoms with Crippen LogP contribution in [0.5, 0.6) is 0 Å². The molecule has 0 rings (SSSR count). The van der Waals surface area contributed by atoms with E-state index in [0.717, 1.165) is 0 Å². The smallest absolute Gasteiger partial charge is 0.215 e. The van der Waals surface area contributed by atoms with Crippen LogP contribution in [-0.2, 0) is 10.0 Å². The Bertz CT molecular complexity index is 280. The number of nitrogens with one attached hydrogen (secondary N) is 1. The molecule has 15 heavy (non-hydrogen) atoms. The largest absolute Gasteiger partial charge is 0.329 e. The summed E-state index contributed by atoms with van der Waals surface area (Å²) in [6, 6.07) is 0. The van der Waals surface area contributed by atoms with Crippen molar-refractivity contribution in [3.63, 3.8) is 0 Å². The van der Waals surface area contributed by atoms with E-state index in [2.05, 4.69) is 25.5 Å². The molecule has 0 aromatic carbocycles. The highest BCUT2D eigenvalue weighted by Gasteiger charge is 2.24. The van der Waals surface area contributed by atoms with Gasteiger partial charge in [-0.1, -0.05) is 27.7 Å². The topological polar surface area (TPSA) is 72.2 Å². The number of hydrogen-bond acceptors (Lipinski definition) is 3. The van der Waals surface area contributed by atoms with Gasteiger partial charge in [-0.25, -0.2) is 13.1 Å². The molecule has 92 valence electrons. The fourth-order valence-electron chi connectivity index (χ4n) is 0.816. The zero-order valence-electron chi connectivity index (χ0n) is 10.4. The molecule has 0 spiro atoms. The lowest BCUT2D eigenvalue weighted by molar-refractivity contribution is 0.263. The van der Waals surface area contributed by atoms with Crippen molar-refractivity contribution in [3.8, 4) is 0 Å². The van der Waals surface area contributed by atoms with Gasteiger partial charge >= 0.3 is 0 Å². The molecule has 0 saturated heterocycles. The summed E-state index contributed by atoms with van der Waals surface area (Å²) in [5, 5.41) is -0.523. The van der Waals surface area contributed by atoms with E-state index in [1.165, 1.54) is 0 Å². The van der Waals surface area contributed by atoms with Crippen molar-refractivity contribution in [2.24, 2.45) is 17.1 Å². The Morgan fingerprint density at radius 3 is 2.07 bits per heavy atom. The zero-order chi connectivity index (χ0) is 12.3. The number of nitrogens with two attached hydrogens (primary N) is 1. The molecule has 0 aliphatic heterocycles. The van der Waals surface area contributed by atoms with Crippen molar-refractivity contribution >= 4 is 10.0 Å². The summed E-state index contributed by atoms with van der Waals surface area (Å²) < 4.78 is 25.8. The van der Waals surface area contributed by atoms with Gasteiger partial charge in [-0.05, 0) is 18.3 Å². The van der Waals surface area contributed by atoms with Crippen LogP contribution in [0.25, 0.3) is 0 Å². The van der Waals surface area contributed by atoms with Crippen LogP contribution in [0.1, 0.15) is 34.6 Å². The molecular weight excluding hydrogens is 212 g/mol.